The largest absolute Gasteiger partial charge is 0.320 e. The van der Waals surface area contributed by atoms with Crippen LogP contribution in [0.4, 0.5) is 0 Å². The van der Waals surface area contributed by atoms with Gasteiger partial charge in [-0.05, 0) is 34.1 Å². The second-order valence-electron chi connectivity index (χ2n) is 2.08. The van der Waals surface area contributed by atoms with Gasteiger partial charge in [0.15, 0.2) is 0 Å². The lowest BCUT2D eigenvalue weighted by molar-refractivity contribution is 0.863. The van der Waals surface area contributed by atoms with E-state index in [-0.39, 0.29) is 0 Å². The lowest BCUT2D eigenvalue weighted by Crippen LogP contribution is -2.01. The zero-order chi connectivity index (χ0) is 10.2. The van der Waals surface area contributed by atoms with Gasteiger partial charge >= 0.3 is 0 Å². The fourth-order valence-electron chi connectivity index (χ4n) is 0. The Balaban J connectivity index is -0.000000101. The Morgan fingerprint density at radius 2 is 1.25 bits per heavy atom. The summed E-state index contributed by atoms with van der Waals surface area (Å²) in [6.45, 7) is 8.31. The van der Waals surface area contributed by atoms with Crippen LogP contribution < -0.4 is 10.6 Å². The van der Waals surface area contributed by atoms with Gasteiger partial charge < -0.3 is 10.6 Å². The third-order valence-corrected chi connectivity index (χ3v) is 1.71. The number of allylic oxidation sites excluding steroid dienone is 1. The van der Waals surface area contributed by atoms with Crippen LogP contribution in [0.2, 0.25) is 0 Å². The third kappa shape index (κ3) is 94.0. The highest BCUT2D eigenvalue weighted by Crippen LogP contribution is 1.50. The quantitative estimate of drug-likeness (QED) is 0.614. The Bertz CT molecular complexity index is 53.5. The average Bonchev–Trinajstić information content (AvgIpc) is 2.18. The standard InChI is InChI=1S/2C3H9N.C3H8Si/c2*1-3-4-2;1-2-3-4/h2*4H,3H2,1-2H3;2-3H,1,4H3. The summed E-state index contributed by atoms with van der Waals surface area (Å²) < 4.78 is 0. The molecule has 0 fully saturated rings. The van der Waals surface area contributed by atoms with Crippen molar-refractivity contribution >= 4 is 10.2 Å². The first-order valence-corrected chi connectivity index (χ1v) is 5.76. The van der Waals surface area contributed by atoms with Crippen molar-refractivity contribution in [1.82, 2.24) is 10.6 Å². The highest BCUT2D eigenvalue weighted by atomic mass is 28.1. The van der Waals surface area contributed by atoms with E-state index in [1.165, 1.54) is 10.2 Å². The van der Waals surface area contributed by atoms with Crippen molar-refractivity contribution in [3.63, 3.8) is 0 Å². The molecule has 0 unspecified atom stereocenters. The van der Waals surface area contributed by atoms with Crippen molar-refractivity contribution in [2.75, 3.05) is 27.2 Å². The monoisotopic (exact) mass is 190 g/mol. The molecule has 0 saturated carbocycles. The van der Waals surface area contributed by atoms with Gasteiger partial charge in [0.2, 0.25) is 0 Å². The molecular formula is C9H26N2Si. The van der Waals surface area contributed by atoms with Crippen LogP contribution >= 0.6 is 0 Å². The van der Waals surface area contributed by atoms with Crippen molar-refractivity contribution in [2.24, 2.45) is 0 Å². The van der Waals surface area contributed by atoms with Crippen LogP contribution in [0.1, 0.15) is 20.8 Å². The first-order valence-electron chi connectivity index (χ1n) is 4.61. The topological polar surface area (TPSA) is 24.1 Å². The molecule has 0 aliphatic heterocycles. The molecule has 0 rings (SSSR count). The van der Waals surface area contributed by atoms with Gasteiger partial charge in [-0.1, -0.05) is 19.9 Å². The predicted molar refractivity (Wildman–Crippen MR) is 64.0 cm³/mol. The van der Waals surface area contributed by atoms with E-state index >= 15 is 0 Å². The molecule has 0 aromatic heterocycles. The number of nitrogens with one attached hydrogen (secondary N) is 2. The normalized spacial score (nSPS) is 8.42. The Morgan fingerprint density at radius 1 is 1.08 bits per heavy atom. The van der Waals surface area contributed by atoms with Crippen molar-refractivity contribution in [3.8, 4) is 0 Å². The summed E-state index contributed by atoms with van der Waals surface area (Å²) in [5, 5.41) is 5.86. The van der Waals surface area contributed by atoms with Gasteiger partial charge in [0.05, 0.1) is 0 Å². The molecule has 0 aromatic rings. The minimum absolute atomic E-state index is 1.07. The van der Waals surface area contributed by atoms with Gasteiger partial charge in [-0.25, -0.2) is 0 Å². The van der Waals surface area contributed by atoms with Crippen molar-refractivity contribution in [3.05, 3.63) is 11.8 Å². The van der Waals surface area contributed by atoms with Crippen LogP contribution in [-0.2, 0) is 0 Å². The van der Waals surface area contributed by atoms with Gasteiger partial charge in [0.25, 0.3) is 0 Å². The fourth-order valence-corrected chi connectivity index (χ4v) is 0. The minimum Gasteiger partial charge on any atom is -0.320 e. The SMILES string of the molecule is CC=C[SiH3].CCNC.CCNC. The second-order valence-corrected chi connectivity index (χ2v) is 2.75. The van der Waals surface area contributed by atoms with Crippen molar-refractivity contribution < 1.29 is 0 Å². The molecule has 0 aliphatic rings. The fraction of sp³-hybridized carbons (Fsp3) is 0.778. The molecule has 3 heteroatoms. The Hall–Kier alpha value is -0.123. The van der Waals surface area contributed by atoms with Gasteiger partial charge in [-0.3, -0.25) is 0 Å². The third-order valence-electron chi connectivity index (χ3n) is 1.04. The molecule has 0 amide bonds. The van der Waals surface area contributed by atoms with Gasteiger partial charge in [-0.2, -0.15) is 0 Å². The second kappa shape index (κ2) is 30.7. The highest BCUT2D eigenvalue weighted by Gasteiger charge is 1.50. The van der Waals surface area contributed by atoms with Gasteiger partial charge in [-0.15, -0.1) is 5.70 Å². The first-order chi connectivity index (χ1) is 5.74. The molecule has 0 atom stereocenters. The summed E-state index contributed by atoms with van der Waals surface area (Å²) >= 11 is 0. The van der Waals surface area contributed by atoms with Crippen molar-refractivity contribution in [2.45, 2.75) is 20.8 Å². The maximum Gasteiger partial charge on any atom is 0.0287 e. The summed E-state index contributed by atoms with van der Waals surface area (Å²) in [6, 6.07) is 0. The maximum absolute atomic E-state index is 2.93. The highest BCUT2D eigenvalue weighted by molar-refractivity contribution is 6.16. The van der Waals surface area contributed by atoms with E-state index in [2.05, 4.69) is 36.3 Å². The number of hydrogen-bond donors (Lipinski definition) is 2. The number of hydrogen-bond acceptors (Lipinski definition) is 2. The molecule has 2 nitrogen and oxygen atoms in total. The minimum atomic E-state index is 1.07. The zero-order valence-electron chi connectivity index (χ0n) is 9.57. The average molecular weight is 190 g/mol. The first kappa shape index (κ1) is 17.8. The van der Waals surface area contributed by atoms with Crippen LogP contribution in [-0.4, -0.2) is 37.4 Å². The van der Waals surface area contributed by atoms with E-state index in [9.17, 15) is 0 Å². The van der Waals surface area contributed by atoms with Gasteiger partial charge in [0, 0.05) is 10.2 Å². The van der Waals surface area contributed by atoms with Crippen LogP contribution in [0, 0.1) is 0 Å². The molecule has 76 valence electrons. The lowest BCUT2D eigenvalue weighted by Gasteiger charge is -1.76. The summed E-state index contributed by atoms with van der Waals surface area (Å²) in [7, 11) is 5.07. The lowest BCUT2D eigenvalue weighted by atomic mass is 10.8. The molecule has 0 saturated heterocycles. The van der Waals surface area contributed by atoms with E-state index in [1.54, 1.807) is 0 Å². The van der Waals surface area contributed by atoms with Crippen LogP contribution in [0.15, 0.2) is 11.8 Å². The van der Waals surface area contributed by atoms with Crippen molar-refractivity contribution in [1.29, 1.82) is 0 Å². The van der Waals surface area contributed by atoms with Crippen LogP contribution in [0.25, 0.3) is 0 Å². The predicted octanol–water partition coefficient (Wildman–Crippen LogP) is 0.337. The van der Waals surface area contributed by atoms with E-state index in [4.69, 9.17) is 0 Å². The summed E-state index contributed by atoms with van der Waals surface area (Å²) in [4.78, 5) is 0. The Labute approximate surface area is 81.3 Å². The molecule has 12 heavy (non-hydrogen) atoms. The van der Waals surface area contributed by atoms with Gasteiger partial charge in [0.1, 0.15) is 0 Å². The van der Waals surface area contributed by atoms with E-state index < -0.39 is 0 Å². The summed E-state index contributed by atoms with van der Waals surface area (Å²) in [6.07, 6.45) is 2.06. The van der Waals surface area contributed by atoms with E-state index in [0.29, 0.717) is 0 Å². The van der Waals surface area contributed by atoms with E-state index in [1.807, 2.05) is 21.0 Å². The Kier molecular flexibility index (Phi) is 45.7. The van der Waals surface area contributed by atoms with Crippen LogP contribution in [0.5, 0.6) is 0 Å². The smallest absolute Gasteiger partial charge is 0.0287 e. The van der Waals surface area contributed by atoms with Crippen LogP contribution in [0.3, 0.4) is 0 Å². The number of rotatable bonds is 2. The molecule has 0 spiro atoms. The molecule has 0 bridgehead atoms. The summed E-state index contributed by atoms with van der Waals surface area (Å²) in [5.74, 6) is 0. The molecule has 0 aromatic carbocycles. The molecule has 0 radical (unpaired) electrons. The van der Waals surface area contributed by atoms with E-state index in [0.717, 1.165) is 13.1 Å². The molecule has 0 heterocycles. The zero-order valence-corrected chi connectivity index (χ0v) is 11.6. The molecule has 2 N–H and O–H groups in total. The Morgan fingerprint density at radius 3 is 1.25 bits per heavy atom. The molecular weight excluding hydrogens is 164 g/mol. The maximum atomic E-state index is 2.93. The summed E-state index contributed by atoms with van der Waals surface area (Å²) in [5.41, 5.74) is 2.14. The molecule has 0 aliphatic carbocycles.